The minimum atomic E-state index is -1.14. The summed E-state index contributed by atoms with van der Waals surface area (Å²) >= 11 is 6.45. The van der Waals surface area contributed by atoms with Crippen molar-refractivity contribution >= 4 is 35.0 Å². The van der Waals surface area contributed by atoms with Crippen LogP contribution in [0.2, 0.25) is 5.02 Å². The third-order valence-corrected chi connectivity index (χ3v) is 8.38. The standard InChI is InChI=1S/C30H33ClF2N6O4/c1-38-23(21-5-6-24(43-2)26(33)25(21)32)16-35-27(38)29(41)37-19-3-4-20(22(31)13-19)30(42)39-11-8-18(9-12-39)28(40)36-15-17-7-10-34-14-17/h3-6,13,16-18,34H,7-12,14-15H2,1-2H3,(H,36,40)(H,37,41)/t17-/m0/s1. The van der Waals surface area contributed by atoms with E-state index in [2.05, 4.69) is 20.9 Å². The molecule has 10 nitrogen and oxygen atoms in total. The Bertz CT molecular complexity index is 1530. The number of rotatable bonds is 8. The zero-order valence-corrected chi connectivity index (χ0v) is 24.6. The largest absolute Gasteiger partial charge is 0.494 e. The van der Waals surface area contributed by atoms with Crippen LogP contribution in [0, 0.1) is 23.5 Å². The average Bonchev–Trinajstić information content (AvgIpc) is 3.67. The highest BCUT2D eigenvalue weighted by atomic mass is 35.5. The summed E-state index contributed by atoms with van der Waals surface area (Å²) in [6.45, 7) is 3.47. The van der Waals surface area contributed by atoms with Gasteiger partial charge >= 0.3 is 0 Å². The molecule has 2 aliphatic heterocycles. The fourth-order valence-electron chi connectivity index (χ4n) is 5.50. The fraction of sp³-hybridized carbons (Fsp3) is 0.400. The molecule has 3 N–H and O–H groups in total. The number of amides is 3. The highest BCUT2D eigenvalue weighted by Gasteiger charge is 2.29. The van der Waals surface area contributed by atoms with E-state index < -0.39 is 17.5 Å². The highest BCUT2D eigenvalue weighted by molar-refractivity contribution is 6.34. The summed E-state index contributed by atoms with van der Waals surface area (Å²) in [5.74, 6) is -3.02. The molecule has 2 aliphatic rings. The lowest BCUT2D eigenvalue weighted by atomic mass is 9.95. The number of methoxy groups -OCH3 is 1. The number of benzene rings is 2. The smallest absolute Gasteiger partial charge is 0.291 e. The second kappa shape index (κ2) is 13.1. The lowest BCUT2D eigenvalue weighted by Crippen LogP contribution is -2.44. The zero-order valence-electron chi connectivity index (χ0n) is 23.9. The number of carbonyl (C=O) groups is 3. The Morgan fingerprint density at radius 3 is 2.56 bits per heavy atom. The molecule has 1 aromatic heterocycles. The van der Waals surface area contributed by atoms with Crippen molar-refractivity contribution in [1.29, 1.82) is 0 Å². The van der Waals surface area contributed by atoms with Gasteiger partial charge in [0.2, 0.25) is 11.7 Å². The van der Waals surface area contributed by atoms with Gasteiger partial charge in [-0.25, -0.2) is 9.37 Å². The van der Waals surface area contributed by atoms with Crippen LogP contribution in [0.4, 0.5) is 14.5 Å². The number of anilines is 1. The molecule has 0 aliphatic carbocycles. The first-order chi connectivity index (χ1) is 20.7. The van der Waals surface area contributed by atoms with Crippen molar-refractivity contribution in [2.45, 2.75) is 19.3 Å². The molecule has 3 amide bonds. The monoisotopic (exact) mass is 614 g/mol. The summed E-state index contributed by atoms with van der Waals surface area (Å²) in [4.78, 5) is 44.5. The van der Waals surface area contributed by atoms with Gasteiger partial charge in [0.15, 0.2) is 17.4 Å². The van der Waals surface area contributed by atoms with Crippen molar-refractivity contribution < 1.29 is 27.9 Å². The van der Waals surface area contributed by atoms with Crippen LogP contribution < -0.4 is 20.7 Å². The molecule has 0 bridgehead atoms. The molecule has 0 radical (unpaired) electrons. The normalized spacial score (nSPS) is 17.1. The van der Waals surface area contributed by atoms with Crippen molar-refractivity contribution in [2.24, 2.45) is 18.9 Å². The van der Waals surface area contributed by atoms with Crippen LogP contribution in [-0.4, -0.2) is 72.0 Å². The first-order valence-electron chi connectivity index (χ1n) is 14.1. The number of hydrogen-bond donors (Lipinski definition) is 3. The summed E-state index contributed by atoms with van der Waals surface area (Å²) < 4.78 is 35.0. The predicted molar refractivity (Wildman–Crippen MR) is 157 cm³/mol. The fourth-order valence-corrected chi connectivity index (χ4v) is 5.77. The molecule has 3 aromatic rings. The van der Waals surface area contributed by atoms with Crippen molar-refractivity contribution in [3.63, 3.8) is 0 Å². The lowest BCUT2D eigenvalue weighted by molar-refractivity contribution is -0.126. The molecule has 1 atom stereocenters. The Kier molecular flexibility index (Phi) is 9.26. The molecule has 43 heavy (non-hydrogen) atoms. The molecule has 2 aromatic carbocycles. The van der Waals surface area contributed by atoms with Crippen LogP contribution in [0.25, 0.3) is 11.3 Å². The maximum atomic E-state index is 14.6. The number of halogens is 3. The maximum absolute atomic E-state index is 14.6. The topological polar surface area (TPSA) is 118 Å². The van der Waals surface area contributed by atoms with Crippen molar-refractivity contribution in [2.75, 3.05) is 45.2 Å². The summed E-state index contributed by atoms with van der Waals surface area (Å²) in [5, 5.41) is 9.18. The maximum Gasteiger partial charge on any atom is 0.291 e. The molecule has 13 heteroatoms. The number of likely N-dealkylation sites (tertiary alicyclic amines) is 1. The van der Waals surface area contributed by atoms with Crippen LogP contribution in [0.15, 0.2) is 36.5 Å². The minimum Gasteiger partial charge on any atom is -0.494 e. The first-order valence-corrected chi connectivity index (χ1v) is 14.5. The van der Waals surface area contributed by atoms with Crippen molar-refractivity contribution in [3.05, 3.63) is 64.6 Å². The van der Waals surface area contributed by atoms with Crippen LogP contribution in [0.5, 0.6) is 5.75 Å². The average molecular weight is 615 g/mol. The summed E-state index contributed by atoms with van der Waals surface area (Å²) in [6, 6.07) is 7.19. The number of aromatic nitrogens is 2. The molecule has 5 rings (SSSR count). The number of piperidine rings is 1. The SMILES string of the molecule is COc1ccc(-c2cnc(C(=O)Nc3ccc(C(=O)N4CCC(C(=O)NC[C@H]5CCNC5)CC4)c(Cl)c3)n2C)c(F)c1F. The molecule has 2 saturated heterocycles. The Hall–Kier alpha value is -4.03. The van der Waals surface area contributed by atoms with Crippen molar-refractivity contribution in [3.8, 4) is 17.0 Å². The van der Waals surface area contributed by atoms with Gasteiger partial charge in [0, 0.05) is 43.9 Å². The van der Waals surface area contributed by atoms with Crippen LogP contribution in [0.1, 0.15) is 40.2 Å². The Morgan fingerprint density at radius 2 is 1.88 bits per heavy atom. The van der Waals surface area contributed by atoms with Gasteiger partial charge in [0.1, 0.15) is 0 Å². The third kappa shape index (κ3) is 6.50. The van der Waals surface area contributed by atoms with E-state index in [0.717, 1.165) is 19.5 Å². The van der Waals surface area contributed by atoms with E-state index in [0.29, 0.717) is 44.1 Å². The van der Waals surface area contributed by atoms with Crippen LogP contribution in [-0.2, 0) is 11.8 Å². The zero-order chi connectivity index (χ0) is 30.7. The molecular formula is C30H33ClF2N6O4. The van der Waals surface area contributed by atoms with E-state index in [1.165, 1.54) is 49.2 Å². The Morgan fingerprint density at radius 1 is 1.12 bits per heavy atom. The first kappa shape index (κ1) is 30.4. The minimum absolute atomic E-state index is 0.0401. The van der Waals surface area contributed by atoms with Gasteiger partial charge in [0.25, 0.3) is 11.8 Å². The van der Waals surface area contributed by atoms with E-state index in [1.54, 1.807) is 11.0 Å². The van der Waals surface area contributed by atoms with Gasteiger partial charge in [-0.1, -0.05) is 11.6 Å². The lowest BCUT2D eigenvalue weighted by Gasteiger charge is -2.31. The third-order valence-electron chi connectivity index (χ3n) is 8.07. The van der Waals surface area contributed by atoms with E-state index in [4.69, 9.17) is 16.3 Å². The van der Waals surface area contributed by atoms with Crippen LogP contribution >= 0.6 is 11.6 Å². The summed E-state index contributed by atoms with van der Waals surface area (Å²) in [7, 11) is 2.74. The molecular weight excluding hydrogens is 582 g/mol. The second-order valence-corrected chi connectivity index (χ2v) is 11.2. The van der Waals surface area contributed by atoms with E-state index in [1.807, 2.05) is 0 Å². The summed E-state index contributed by atoms with van der Waals surface area (Å²) in [6.07, 6.45) is 3.48. The van der Waals surface area contributed by atoms with Gasteiger partial charge in [-0.15, -0.1) is 0 Å². The van der Waals surface area contributed by atoms with Gasteiger partial charge in [-0.3, -0.25) is 14.4 Å². The second-order valence-electron chi connectivity index (χ2n) is 10.8. The predicted octanol–water partition coefficient (Wildman–Crippen LogP) is 3.86. The van der Waals surface area contributed by atoms with E-state index >= 15 is 0 Å². The van der Waals surface area contributed by atoms with Crippen LogP contribution in [0.3, 0.4) is 0 Å². The van der Waals surface area contributed by atoms with E-state index in [-0.39, 0.29) is 51.1 Å². The number of nitrogens with one attached hydrogen (secondary N) is 3. The Labute approximate surface area is 252 Å². The molecule has 3 heterocycles. The number of carbonyl (C=O) groups excluding carboxylic acids is 3. The van der Waals surface area contributed by atoms with Crippen molar-refractivity contribution in [1.82, 2.24) is 25.1 Å². The number of nitrogens with zero attached hydrogens (tertiary/aromatic N) is 3. The molecule has 2 fully saturated rings. The van der Waals surface area contributed by atoms with Gasteiger partial charge in [-0.05, 0) is 68.6 Å². The number of imidazole rings is 1. The molecule has 0 unspecified atom stereocenters. The molecule has 228 valence electrons. The van der Waals surface area contributed by atoms with E-state index in [9.17, 15) is 23.2 Å². The van der Waals surface area contributed by atoms with Gasteiger partial charge in [0.05, 0.1) is 29.6 Å². The molecule has 0 spiro atoms. The molecule has 0 saturated carbocycles. The van der Waals surface area contributed by atoms with Gasteiger partial charge < -0.3 is 30.2 Å². The Balaban J connectivity index is 1.19. The quantitative estimate of drug-likeness (QED) is 0.355. The number of hydrogen-bond acceptors (Lipinski definition) is 6. The highest BCUT2D eigenvalue weighted by Crippen LogP contribution is 2.30. The van der Waals surface area contributed by atoms with Gasteiger partial charge in [-0.2, -0.15) is 4.39 Å². The summed E-state index contributed by atoms with van der Waals surface area (Å²) in [5.41, 5.74) is 0.721. The number of ether oxygens (including phenoxy) is 1.